The number of amides is 1. The van der Waals surface area contributed by atoms with Gasteiger partial charge in [-0.3, -0.25) is 14.2 Å². The Morgan fingerprint density at radius 3 is 2.82 bits per heavy atom. The summed E-state index contributed by atoms with van der Waals surface area (Å²) in [6.07, 6.45) is 0.134. The molecule has 1 amide bonds. The number of hydrogen-bond acceptors (Lipinski definition) is 6. The predicted molar refractivity (Wildman–Crippen MR) is 109 cm³/mol. The van der Waals surface area contributed by atoms with Gasteiger partial charge in [-0.25, -0.2) is 4.39 Å². The summed E-state index contributed by atoms with van der Waals surface area (Å²) >= 11 is 1.97. The molecule has 0 saturated heterocycles. The molecule has 0 saturated carbocycles. The third kappa shape index (κ3) is 3.88. The molecule has 148 valence electrons. The Morgan fingerprint density at radius 1 is 1.39 bits per heavy atom. The van der Waals surface area contributed by atoms with Gasteiger partial charge in [-0.05, 0) is 46.9 Å². The highest BCUT2D eigenvalue weighted by Gasteiger charge is 2.24. The Hall–Kier alpha value is -2.44. The summed E-state index contributed by atoms with van der Waals surface area (Å²) in [7, 11) is 1.45. The van der Waals surface area contributed by atoms with Crippen molar-refractivity contribution in [2.45, 2.75) is 6.10 Å². The maximum atomic E-state index is 14.3. The maximum absolute atomic E-state index is 14.3. The zero-order valence-corrected chi connectivity index (χ0v) is 16.9. The molecule has 1 unspecified atom stereocenters. The van der Waals surface area contributed by atoms with E-state index >= 15 is 0 Å². The molecular formula is C18H17FIN3O5. The van der Waals surface area contributed by atoms with E-state index in [4.69, 9.17) is 9.52 Å². The van der Waals surface area contributed by atoms with Gasteiger partial charge in [-0.15, -0.1) is 0 Å². The number of carbonyl (C=O) groups excluding carboxylic acids is 1. The van der Waals surface area contributed by atoms with Gasteiger partial charge >= 0.3 is 0 Å². The number of benzene rings is 1. The average Bonchev–Trinajstić information content (AvgIpc) is 3.15. The van der Waals surface area contributed by atoms with E-state index in [0.29, 0.717) is 3.57 Å². The van der Waals surface area contributed by atoms with E-state index in [1.807, 2.05) is 22.6 Å². The number of hydrogen-bond donors (Lipinski definition) is 4. The van der Waals surface area contributed by atoms with E-state index in [1.54, 1.807) is 6.07 Å². The topological polar surface area (TPSA) is 117 Å². The SMILES string of the molecule is Cn1c(Nc2ccc(I)cc2F)c(C(=O)NCC(O)CO)c2occc2c1=O. The van der Waals surface area contributed by atoms with Gasteiger partial charge in [-0.2, -0.15) is 0 Å². The van der Waals surface area contributed by atoms with Gasteiger partial charge in [-0.1, -0.05) is 0 Å². The second-order valence-electron chi connectivity index (χ2n) is 6.05. The van der Waals surface area contributed by atoms with Crippen LogP contribution in [0.2, 0.25) is 0 Å². The first-order chi connectivity index (χ1) is 13.3. The lowest BCUT2D eigenvalue weighted by molar-refractivity contribution is 0.0802. The van der Waals surface area contributed by atoms with Crippen molar-refractivity contribution in [3.63, 3.8) is 0 Å². The van der Waals surface area contributed by atoms with Crippen LogP contribution in [0.3, 0.4) is 0 Å². The van der Waals surface area contributed by atoms with Crippen LogP contribution >= 0.6 is 22.6 Å². The van der Waals surface area contributed by atoms with Crippen LogP contribution in [0.5, 0.6) is 0 Å². The van der Waals surface area contributed by atoms with E-state index in [0.717, 1.165) is 0 Å². The van der Waals surface area contributed by atoms with Gasteiger partial charge in [0.2, 0.25) is 0 Å². The van der Waals surface area contributed by atoms with Crippen LogP contribution in [-0.4, -0.2) is 39.9 Å². The van der Waals surface area contributed by atoms with Gasteiger partial charge in [0.15, 0.2) is 5.58 Å². The van der Waals surface area contributed by atoms with Crippen LogP contribution in [0, 0.1) is 9.39 Å². The van der Waals surface area contributed by atoms with Crippen LogP contribution in [0.1, 0.15) is 10.4 Å². The molecule has 0 aliphatic heterocycles. The molecule has 4 N–H and O–H groups in total. The molecule has 0 fully saturated rings. The van der Waals surface area contributed by atoms with Crippen LogP contribution < -0.4 is 16.2 Å². The van der Waals surface area contributed by atoms with Gasteiger partial charge in [0, 0.05) is 17.2 Å². The number of carbonyl (C=O) groups is 1. The van der Waals surface area contributed by atoms with Crippen molar-refractivity contribution in [3.05, 3.63) is 55.8 Å². The first kappa shape index (κ1) is 20.3. The predicted octanol–water partition coefficient (Wildman–Crippen LogP) is 1.70. The maximum Gasteiger partial charge on any atom is 0.263 e. The van der Waals surface area contributed by atoms with Crippen molar-refractivity contribution in [1.82, 2.24) is 9.88 Å². The van der Waals surface area contributed by atoms with Crippen molar-refractivity contribution >= 4 is 51.0 Å². The minimum absolute atomic E-state index is 0.0230. The summed E-state index contributed by atoms with van der Waals surface area (Å²) in [4.78, 5) is 25.4. The molecule has 2 heterocycles. The van der Waals surface area contributed by atoms with E-state index in [-0.39, 0.29) is 34.6 Å². The number of rotatable bonds is 6. The molecule has 0 bridgehead atoms. The Morgan fingerprint density at radius 2 is 2.14 bits per heavy atom. The summed E-state index contributed by atoms with van der Waals surface area (Å²) in [6, 6.07) is 5.91. The zero-order valence-electron chi connectivity index (χ0n) is 14.7. The molecule has 8 nitrogen and oxygen atoms in total. The molecule has 28 heavy (non-hydrogen) atoms. The van der Waals surface area contributed by atoms with E-state index in [1.165, 1.54) is 36.1 Å². The van der Waals surface area contributed by atoms with Gasteiger partial charge in [0.25, 0.3) is 11.5 Å². The van der Waals surface area contributed by atoms with Crippen molar-refractivity contribution in [3.8, 4) is 0 Å². The van der Waals surface area contributed by atoms with Crippen molar-refractivity contribution in [2.24, 2.45) is 7.05 Å². The minimum Gasteiger partial charge on any atom is -0.463 e. The van der Waals surface area contributed by atoms with E-state index in [9.17, 15) is 19.1 Å². The minimum atomic E-state index is -1.14. The van der Waals surface area contributed by atoms with E-state index in [2.05, 4.69) is 10.6 Å². The number of aliphatic hydroxyl groups is 2. The number of fused-ring (bicyclic) bond motifs is 1. The Labute approximate surface area is 172 Å². The molecular weight excluding hydrogens is 484 g/mol. The molecule has 0 aliphatic rings. The molecule has 10 heteroatoms. The molecule has 3 aromatic rings. The monoisotopic (exact) mass is 501 g/mol. The summed E-state index contributed by atoms with van der Waals surface area (Å²) in [5.74, 6) is -1.18. The number of pyridine rings is 1. The van der Waals surface area contributed by atoms with Crippen LogP contribution in [0.25, 0.3) is 11.0 Å². The number of nitrogens with zero attached hydrogens (tertiary/aromatic N) is 1. The first-order valence-electron chi connectivity index (χ1n) is 8.22. The third-order valence-corrected chi connectivity index (χ3v) is 4.79. The summed E-state index contributed by atoms with van der Waals surface area (Å²) in [5, 5.41) is 23.8. The molecule has 1 aromatic carbocycles. The number of halogens is 2. The third-order valence-electron chi connectivity index (χ3n) is 4.12. The van der Waals surface area contributed by atoms with Gasteiger partial charge < -0.3 is 25.3 Å². The number of aromatic nitrogens is 1. The lowest BCUT2D eigenvalue weighted by Gasteiger charge is -2.17. The molecule has 3 rings (SSSR count). The first-order valence-corrected chi connectivity index (χ1v) is 9.30. The summed E-state index contributed by atoms with van der Waals surface area (Å²) in [6.45, 7) is -0.736. The van der Waals surface area contributed by atoms with Gasteiger partial charge in [0.1, 0.15) is 17.2 Å². The second kappa shape index (κ2) is 8.29. The fraction of sp³-hybridized carbons (Fsp3) is 0.222. The molecule has 0 aliphatic carbocycles. The normalized spacial score (nSPS) is 12.2. The Kier molecular flexibility index (Phi) is 6.01. The fourth-order valence-electron chi connectivity index (χ4n) is 2.67. The summed E-state index contributed by atoms with van der Waals surface area (Å²) in [5.41, 5.74) is -0.340. The average molecular weight is 501 g/mol. The van der Waals surface area contributed by atoms with Crippen LogP contribution in [0.15, 0.2) is 39.7 Å². The summed E-state index contributed by atoms with van der Waals surface area (Å²) < 4.78 is 21.5. The number of nitrogens with one attached hydrogen (secondary N) is 2. The van der Waals surface area contributed by atoms with Crippen molar-refractivity contribution < 1.29 is 23.8 Å². The highest BCUT2D eigenvalue weighted by Crippen LogP contribution is 2.28. The van der Waals surface area contributed by atoms with Crippen LogP contribution in [-0.2, 0) is 7.05 Å². The molecule has 0 radical (unpaired) electrons. The van der Waals surface area contributed by atoms with Crippen LogP contribution in [0.4, 0.5) is 15.9 Å². The highest BCUT2D eigenvalue weighted by atomic mass is 127. The van der Waals surface area contributed by atoms with Crippen molar-refractivity contribution in [1.29, 1.82) is 0 Å². The standard InChI is InChI=1S/C18H17FIN3O5/c1-23-16(22-13-3-2-9(20)6-12(13)19)14(17(26)21-7-10(25)8-24)15-11(18(23)27)4-5-28-15/h2-6,10,22,24-25H,7-8H2,1H3,(H,21,26). The zero-order chi connectivity index (χ0) is 20.4. The fourth-order valence-corrected chi connectivity index (χ4v) is 3.12. The largest absolute Gasteiger partial charge is 0.463 e. The second-order valence-corrected chi connectivity index (χ2v) is 7.29. The van der Waals surface area contributed by atoms with E-state index < -0.39 is 30.0 Å². The quantitative estimate of drug-likeness (QED) is 0.383. The molecule has 1 atom stereocenters. The molecule has 2 aromatic heterocycles. The lowest BCUT2D eigenvalue weighted by atomic mass is 10.1. The number of furan rings is 1. The Bertz CT molecular complexity index is 1090. The van der Waals surface area contributed by atoms with Crippen molar-refractivity contribution in [2.75, 3.05) is 18.5 Å². The highest BCUT2D eigenvalue weighted by molar-refractivity contribution is 14.1. The number of anilines is 2. The Balaban J connectivity index is 2.13. The van der Waals surface area contributed by atoms with Gasteiger partial charge in [0.05, 0.1) is 30.0 Å². The lowest BCUT2D eigenvalue weighted by Crippen LogP contribution is -2.35. The smallest absolute Gasteiger partial charge is 0.263 e. The number of aliphatic hydroxyl groups excluding tert-OH is 2. The molecule has 0 spiro atoms.